The predicted octanol–water partition coefficient (Wildman–Crippen LogP) is 3.03. The Hall–Kier alpha value is -1.64. The van der Waals surface area contributed by atoms with Crippen LogP contribution in [0.3, 0.4) is 0 Å². The number of aldehydes is 1. The zero-order chi connectivity index (χ0) is 11.0. The highest BCUT2D eigenvalue weighted by Gasteiger charge is 2.22. The van der Waals surface area contributed by atoms with Gasteiger partial charge in [-0.1, -0.05) is 25.0 Å². The Bertz CT molecular complexity index is 524. The van der Waals surface area contributed by atoms with Gasteiger partial charge in [0, 0.05) is 22.6 Å². The van der Waals surface area contributed by atoms with Crippen molar-refractivity contribution in [1.29, 1.82) is 0 Å². The van der Waals surface area contributed by atoms with Crippen molar-refractivity contribution in [2.75, 3.05) is 0 Å². The molecule has 0 radical (unpaired) electrons. The lowest BCUT2D eigenvalue weighted by Crippen LogP contribution is -1.95. The van der Waals surface area contributed by atoms with E-state index in [1.807, 2.05) is 18.2 Å². The zero-order valence-electron chi connectivity index (χ0n) is 9.07. The average molecular weight is 214 g/mol. The molecule has 0 amide bonds. The molecule has 3 rings (SSSR count). The Kier molecular flexibility index (Phi) is 2.24. The molecule has 1 fully saturated rings. The highest BCUT2D eigenvalue weighted by Crippen LogP contribution is 2.37. The van der Waals surface area contributed by atoms with Gasteiger partial charge in [-0.25, -0.2) is 0 Å². The summed E-state index contributed by atoms with van der Waals surface area (Å²) in [6, 6.07) is 5.70. The van der Waals surface area contributed by atoms with Crippen LogP contribution in [-0.2, 0) is 0 Å². The summed E-state index contributed by atoms with van der Waals surface area (Å²) in [7, 11) is 0. The molecular weight excluding hydrogens is 200 g/mol. The number of fused-ring (bicyclic) bond motifs is 1. The normalized spacial score (nSPS) is 17.0. The summed E-state index contributed by atoms with van der Waals surface area (Å²) in [5.74, 6) is 0.561. The van der Waals surface area contributed by atoms with Gasteiger partial charge in [0.15, 0.2) is 6.29 Å². The highest BCUT2D eigenvalue weighted by molar-refractivity contribution is 5.98. The van der Waals surface area contributed by atoms with Crippen LogP contribution < -0.4 is 0 Å². The number of nitrogens with zero attached hydrogens (tertiary/aromatic N) is 1. The van der Waals surface area contributed by atoms with Crippen LogP contribution in [0, 0.1) is 0 Å². The molecular formula is C13H14N2O. The van der Waals surface area contributed by atoms with Crippen LogP contribution in [0.25, 0.3) is 10.9 Å². The minimum atomic E-state index is 0.561. The second-order valence-corrected chi connectivity index (χ2v) is 4.48. The average Bonchev–Trinajstić information content (AvgIpc) is 2.96. The molecule has 0 spiro atoms. The second kappa shape index (κ2) is 3.74. The minimum absolute atomic E-state index is 0.561. The van der Waals surface area contributed by atoms with Crippen LogP contribution in [0.4, 0.5) is 0 Å². The Balaban J connectivity index is 2.20. The first-order valence-corrected chi connectivity index (χ1v) is 5.82. The third-order valence-electron chi connectivity index (χ3n) is 3.53. The van der Waals surface area contributed by atoms with Gasteiger partial charge in [-0.15, -0.1) is 0 Å². The molecule has 1 aromatic carbocycles. The third-order valence-corrected chi connectivity index (χ3v) is 3.53. The van der Waals surface area contributed by atoms with Crippen LogP contribution in [0.15, 0.2) is 18.2 Å². The highest BCUT2D eigenvalue weighted by atomic mass is 16.1. The van der Waals surface area contributed by atoms with Gasteiger partial charge < -0.3 is 0 Å². The van der Waals surface area contributed by atoms with E-state index >= 15 is 0 Å². The number of aromatic nitrogens is 2. The number of rotatable bonds is 2. The zero-order valence-corrected chi connectivity index (χ0v) is 9.07. The van der Waals surface area contributed by atoms with E-state index < -0.39 is 0 Å². The van der Waals surface area contributed by atoms with Gasteiger partial charge in [0.2, 0.25) is 0 Å². The summed E-state index contributed by atoms with van der Waals surface area (Å²) in [6.45, 7) is 0. The molecule has 1 aliphatic rings. The van der Waals surface area contributed by atoms with E-state index in [4.69, 9.17) is 0 Å². The Morgan fingerprint density at radius 1 is 1.31 bits per heavy atom. The predicted molar refractivity (Wildman–Crippen MR) is 62.7 cm³/mol. The summed E-state index contributed by atoms with van der Waals surface area (Å²) in [4.78, 5) is 11.0. The molecule has 0 aliphatic heterocycles. The molecule has 16 heavy (non-hydrogen) atoms. The van der Waals surface area contributed by atoms with E-state index in [0.717, 1.165) is 28.4 Å². The topological polar surface area (TPSA) is 45.8 Å². The summed E-state index contributed by atoms with van der Waals surface area (Å²) in [6.07, 6.45) is 5.92. The van der Waals surface area contributed by atoms with Gasteiger partial charge in [-0.2, -0.15) is 5.10 Å². The number of carbonyl (C=O) groups is 1. The number of hydrogen-bond acceptors (Lipinski definition) is 2. The monoisotopic (exact) mass is 214 g/mol. The van der Waals surface area contributed by atoms with Crippen LogP contribution >= 0.6 is 0 Å². The first-order chi connectivity index (χ1) is 7.90. The number of carbonyl (C=O) groups excluding carboxylic acids is 1. The lowest BCUT2D eigenvalue weighted by atomic mass is 9.98. The van der Waals surface area contributed by atoms with Crippen molar-refractivity contribution in [3.8, 4) is 0 Å². The maximum absolute atomic E-state index is 11.0. The van der Waals surface area contributed by atoms with Crippen LogP contribution in [0.1, 0.15) is 47.7 Å². The molecule has 82 valence electrons. The fourth-order valence-electron chi connectivity index (χ4n) is 2.73. The SMILES string of the molecule is O=Cc1cccc2n[nH]c(C3CCCC3)c12. The first-order valence-electron chi connectivity index (χ1n) is 5.82. The molecule has 1 saturated carbocycles. The summed E-state index contributed by atoms with van der Waals surface area (Å²) in [5, 5.41) is 8.44. The molecule has 0 atom stereocenters. The van der Waals surface area contributed by atoms with Gasteiger partial charge >= 0.3 is 0 Å². The summed E-state index contributed by atoms with van der Waals surface area (Å²) < 4.78 is 0. The van der Waals surface area contributed by atoms with Crippen molar-refractivity contribution in [2.45, 2.75) is 31.6 Å². The van der Waals surface area contributed by atoms with Crippen molar-refractivity contribution in [3.05, 3.63) is 29.5 Å². The summed E-state index contributed by atoms with van der Waals surface area (Å²) in [5.41, 5.74) is 2.83. The van der Waals surface area contributed by atoms with Gasteiger partial charge in [0.25, 0.3) is 0 Å². The van der Waals surface area contributed by atoms with Gasteiger partial charge in [0.1, 0.15) is 0 Å². The van der Waals surface area contributed by atoms with Crippen molar-refractivity contribution < 1.29 is 4.79 Å². The maximum Gasteiger partial charge on any atom is 0.150 e. The lowest BCUT2D eigenvalue weighted by molar-refractivity contribution is 0.112. The number of H-pyrrole nitrogens is 1. The lowest BCUT2D eigenvalue weighted by Gasteiger charge is -2.07. The molecule has 0 saturated heterocycles. The van der Waals surface area contributed by atoms with Crippen LogP contribution in [0.2, 0.25) is 0 Å². The molecule has 2 aromatic rings. The van der Waals surface area contributed by atoms with E-state index in [1.165, 1.54) is 25.7 Å². The van der Waals surface area contributed by atoms with Crippen molar-refractivity contribution in [2.24, 2.45) is 0 Å². The number of nitrogens with one attached hydrogen (secondary N) is 1. The van der Waals surface area contributed by atoms with Crippen LogP contribution in [0.5, 0.6) is 0 Å². The Morgan fingerprint density at radius 2 is 2.12 bits per heavy atom. The largest absolute Gasteiger partial charge is 0.298 e. The number of benzene rings is 1. The maximum atomic E-state index is 11.0. The standard InChI is InChI=1S/C13H14N2O/c16-8-10-6-3-7-11-12(10)13(15-14-11)9-4-1-2-5-9/h3,6-9H,1-2,4-5H2,(H,14,15). The molecule has 0 bridgehead atoms. The van der Waals surface area contributed by atoms with Crippen LogP contribution in [-0.4, -0.2) is 16.5 Å². The molecule has 0 unspecified atom stereocenters. The molecule has 3 nitrogen and oxygen atoms in total. The van der Waals surface area contributed by atoms with Crippen molar-refractivity contribution in [1.82, 2.24) is 10.2 Å². The van der Waals surface area contributed by atoms with E-state index in [2.05, 4.69) is 10.2 Å². The first kappa shape index (κ1) is 9.58. The fraction of sp³-hybridized carbons (Fsp3) is 0.385. The fourth-order valence-corrected chi connectivity index (χ4v) is 2.73. The smallest absolute Gasteiger partial charge is 0.150 e. The molecule has 1 aromatic heterocycles. The third kappa shape index (κ3) is 1.35. The molecule has 1 heterocycles. The van der Waals surface area contributed by atoms with E-state index in [1.54, 1.807) is 0 Å². The van der Waals surface area contributed by atoms with E-state index in [9.17, 15) is 4.79 Å². The van der Waals surface area contributed by atoms with Crippen molar-refractivity contribution in [3.63, 3.8) is 0 Å². The Morgan fingerprint density at radius 3 is 2.88 bits per heavy atom. The second-order valence-electron chi connectivity index (χ2n) is 4.48. The minimum Gasteiger partial charge on any atom is -0.298 e. The quantitative estimate of drug-likeness (QED) is 0.781. The number of aromatic amines is 1. The summed E-state index contributed by atoms with van der Waals surface area (Å²) >= 11 is 0. The number of hydrogen-bond donors (Lipinski definition) is 1. The van der Waals surface area contributed by atoms with Crippen molar-refractivity contribution >= 4 is 17.2 Å². The van der Waals surface area contributed by atoms with E-state index in [-0.39, 0.29) is 0 Å². The van der Waals surface area contributed by atoms with Gasteiger partial charge in [-0.05, 0) is 18.9 Å². The molecule has 1 aliphatic carbocycles. The molecule has 1 N–H and O–H groups in total. The van der Waals surface area contributed by atoms with Gasteiger partial charge in [-0.3, -0.25) is 9.89 Å². The van der Waals surface area contributed by atoms with E-state index in [0.29, 0.717) is 5.92 Å². The molecule has 3 heteroatoms. The Labute approximate surface area is 93.9 Å². The van der Waals surface area contributed by atoms with Gasteiger partial charge in [0.05, 0.1) is 5.52 Å².